The van der Waals surface area contributed by atoms with E-state index >= 15 is 0 Å². The molecule has 1 aliphatic rings. The van der Waals surface area contributed by atoms with Crippen molar-refractivity contribution in [2.24, 2.45) is 0 Å². The van der Waals surface area contributed by atoms with Gasteiger partial charge < -0.3 is 28.6 Å². The fourth-order valence-corrected chi connectivity index (χ4v) is 4.63. The highest BCUT2D eigenvalue weighted by Gasteiger charge is 2.35. The highest BCUT2D eigenvalue weighted by Crippen LogP contribution is 2.43. The normalized spacial score (nSPS) is 14.7. The van der Waals surface area contributed by atoms with Gasteiger partial charge in [0.15, 0.2) is 23.0 Å². The van der Waals surface area contributed by atoms with Gasteiger partial charge in [0.2, 0.25) is 0 Å². The Labute approximate surface area is 206 Å². The van der Waals surface area contributed by atoms with Gasteiger partial charge in [0, 0.05) is 6.54 Å². The highest BCUT2D eigenvalue weighted by atomic mass is 16.5. The van der Waals surface area contributed by atoms with Crippen LogP contribution in [0, 0.1) is 0 Å². The van der Waals surface area contributed by atoms with Crippen molar-refractivity contribution in [2.45, 2.75) is 19.4 Å². The minimum absolute atomic E-state index is 0.103. The number of hydrogen-bond acceptors (Lipinski definition) is 6. The number of carbonyl (C=O) groups excluding carboxylic acids is 1. The number of ether oxygens (including phenoxy) is 5. The van der Waals surface area contributed by atoms with Gasteiger partial charge in [-0.05, 0) is 66.4 Å². The minimum Gasteiger partial charge on any atom is -0.493 e. The summed E-state index contributed by atoms with van der Waals surface area (Å²) in [6.07, 6.45) is 0.683. The van der Waals surface area contributed by atoms with Crippen molar-refractivity contribution in [3.05, 3.63) is 76.9 Å². The van der Waals surface area contributed by atoms with E-state index in [9.17, 15) is 4.79 Å². The van der Waals surface area contributed by atoms with Crippen LogP contribution in [-0.2, 0) is 6.42 Å². The lowest BCUT2D eigenvalue weighted by Crippen LogP contribution is -2.40. The Morgan fingerprint density at radius 3 is 2.17 bits per heavy atom. The first-order valence-corrected chi connectivity index (χ1v) is 11.6. The molecule has 1 atom stereocenters. The Bertz CT molecular complexity index is 1210. The van der Waals surface area contributed by atoms with Gasteiger partial charge in [-0.3, -0.25) is 4.79 Å². The van der Waals surface area contributed by atoms with Gasteiger partial charge >= 0.3 is 0 Å². The van der Waals surface area contributed by atoms with Crippen LogP contribution in [-0.4, -0.2) is 52.4 Å². The fraction of sp³-hybridized carbons (Fsp3) is 0.321. The number of para-hydroxylation sites is 1. The second kappa shape index (κ2) is 10.6. The topological polar surface area (TPSA) is 66.5 Å². The number of carbonyl (C=O) groups is 1. The first kappa shape index (κ1) is 24.3. The molecule has 0 spiro atoms. The Balaban J connectivity index is 1.88. The molecule has 1 aliphatic heterocycles. The van der Waals surface area contributed by atoms with Crippen LogP contribution in [0.5, 0.6) is 28.7 Å². The van der Waals surface area contributed by atoms with E-state index in [0.717, 1.165) is 16.7 Å². The summed E-state index contributed by atoms with van der Waals surface area (Å²) < 4.78 is 27.9. The average Bonchev–Trinajstić information content (AvgIpc) is 2.91. The summed E-state index contributed by atoms with van der Waals surface area (Å²) in [5, 5.41) is 0. The maximum absolute atomic E-state index is 14.0. The van der Waals surface area contributed by atoms with Gasteiger partial charge in [-0.1, -0.05) is 18.2 Å². The van der Waals surface area contributed by atoms with E-state index < -0.39 is 0 Å². The van der Waals surface area contributed by atoms with Crippen LogP contribution in [0.1, 0.15) is 40.0 Å². The summed E-state index contributed by atoms with van der Waals surface area (Å²) in [6, 6.07) is 16.7. The molecule has 0 radical (unpaired) electrons. The Hall–Kier alpha value is -3.87. The van der Waals surface area contributed by atoms with Gasteiger partial charge in [0.05, 0.1) is 46.7 Å². The number of hydrogen-bond donors (Lipinski definition) is 0. The summed E-state index contributed by atoms with van der Waals surface area (Å²) in [6.45, 7) is 2.91. The lowest BCUT2D eigenvalue weighted by Gasteiger charge is -2.38. The quantitative estimate of drug-likeness (QED) is 0.459. The zero-order chi connectivity index (χ0) is 24.9. The van der Waals surface area contributed by atoms with Crippen LogP contribution in [0.15, 0.2) is 54.6 Å². The van der Waals surface area contributed by atoms with Crippen molar-refractivity contribution in [2.75, 3.05) is 41.6 Å². The van der Waals surface area contributed by atoms with Crippen LogP contribution >= 0.6 is 0 Å². The molecule has 1 amide bonds. The molecule has 3 aromatic carbocycles. The second-order valence-electron chi connectivity index (χ2n) is 8.10. The molecule has 0 saturated carbocycles. The van der Waals surface area contributed by atoms with E-state index in [0.29, 0.717) is 53.9 Å². The summed E-state index contributed by atoms with van der Waals surface area (Å²) in [7, 11) is 6.44. The van der Waals surface area contributed by atoms with Crippen molar-refractivity contribution < 1.29 is 28.5 Å². The van der Waals surface area contributed by atoms with Crippen molar-refractivity contribution in [1.29, 1.82) is 0 Å². The molecule has 1 unspecified atom stereocenters. The van der Waals surface area contributed by atoms with Crippen molar-refractivity contribution in [3.63, 3.8) is 0 Å². The first-order valence-electron chi connectivity index (χ1n) is 11.6. The molecule has 0 aliphatic carbocycles. The smallest absolute Gasteiger partial charge is 0.258 e. The summed E-state index contributed by atoms with van der Waals surface area (Å²) in [5.41, 5.74) is 3.51. The van der Waals surface area contributed by atoms with Gasteiger partial charge in [0.1, 0.15) is 5.75 Å². The van der Waals surface area contributed by atoms with Gasteiger partial charge in [-0.2, -0.15) is 0 Å². The molecular weight excluding hydrogens is 446 g/mol. The maximum Gasteiger partial charge on any atom is 0.258 e. The maximum atomic E-state index is 14.0. The largest absolute Gasteiger partial charge is 0.493 e. The van der Waals surface area contributed by atoms with Gasteiger partial charge in [-0.25, -0.2) is 0 Å². The highest BCUT2D eigenvalue weighted by molar-refractivity contribution is 5.97. The molecule has 1 heterocycles. The van der Waals surface area contributed by atoms with Crippen LogP contribution < -0.4 is 23.7 Å². The number of benzene rings is 3. The number of methoxy groups -OCH3 is 4. The number of nitrogens with zero attached hydrogens (tertiary/aromatic N) is 1. The monoisotopic (exact) mass is 477 g/mol. The molecule has 0 N–H and O–H groups in total. The summed E-state index contributed by atoms with van der Waals surface area (Å²) >= 11 is 0. The van der Waals surface area contributed by atoms with E-state index in [1.165, 1.54) is 0 Å². The van der Waals surface area contributed by atoms with Crippen molar-refractivity contribution >= 4 is 5.91 Å². The molecule has 0 saturated heterocycles. The van der Waals surface area contributed by atoms with Crippen molar-refractivity contribution in [3.8, 4) is 28.7 Å². The van der Waals surface area contributed by atoms with Gasteiger partial charge in [0.25, 0.3) is 5.91 Å². The molecule has 7 heteroatoms. The van der Waals surface area contributed by atoms with Crippen LogP contribution in [0.4, 0.5) is 0 Å². The first-order chi connectivity index (χ1) is 17.1. The number of rotatable bonds is 8. The standard InChI is InChI=1S/C28H31NO6/c1-6-35-22-10-8-7-9-20(22)28(30)29-14-13-18-15-25(33-4)26(34-5)17-21(18)27(29)19-11-12-23(31-2)24(16-19)32-3/h7-12,15-17,27H,6,13-14H2,1-5H3. The molecule has 0 aromatic heterocycles. The Morgan fingerprint density at radius 1 is 0.829 bits per heavy atom. The molecule has 7 nitrogen and oxygen atoms in total. The zero-order valence-electron chi connectivity index (χ0n) is 20.8. The van der Waals surface area contributed by atoms with Crippen molar-refractivity contribution in [1.82, 2.24) is 4.90 Å². The van der Waals surface area contributed by atoms with Crippen LogP contribution in [0.25, 0.3) is 0 Å². The number of fused-ring (bicyclic) bond motifs is 1. The van der Waals surface area contributed by atoms with E-state index in [2.05, 4.69) is 0 Å². The fourth-order valence-electron chi connectivity index (χ4n) is 4.63. The Morgan fingerprint density at radius 2 is 1.49 bits per heavy atom. The summed E-state index contributed by atoms with van der Waals surface area (Å²) in [4.78, 5) is 15.9. The molecule has 35 heavy (non-hydrogen) atoms. The lowest BCUT2D eigenvalue weighted by atomic mass is 9.87. The molecule has 184 valence electrons. The summed E-state index contributed by atoms with van der Waals surface area (Å²) in [5.74, 6) is 2.97. The minimum atomic E-state index is -0.374. The van der Waals surface area contributed by atoms with E-state index in [1.54, 1.807) is 28.4 Å². The van der Waals surface area contributed by atoms with E-state index in [4.69, 9.17) is 23.7 Å². The molecule has 4 rings (SSSR count). The van der Waals surface area contributed by atoms with E-state index in [-0.39, 0.29) is 11.9 Å². The third-order valence-corrected chi connectivity index (χ3v) is 6.28. The molecule has 0 bridgehead atoms. The van der Waals surface area contributed by atoms with Crippen LogP contribution in [0.3, 0.4) is 0 Å². The predicted molar refractivity (Wildman–Crippen MR) is 133 cm³/mol. The predicted octanol–water partition coefficient (Wildman–Crippen LogP) is 4.91. The molecule has 3 aromatic rings. The van der Waals surface area contributed by atoms with Gasteiger partial charge in [-0.15, -0.1) is 0 Å². The second-order valence-corrected chi connectivity index (χ2v) is 8.10. The zero-order valence-corrected chi connectivity index (χ0v) is 20.8. The third kappa shape index (κ3) is 4.58. The molecule has 0 fully saturated rings. The van der Waals surface area contributed by atoms with Crippen LogP contribution in [0.2, 0.25) is 0 Å². The van der Waals surface area contributed by atoms with E-state index in [1.807, 2.05) is 66.4 Å². The molecular formula is C28H31NO6. The Kier molecular flexibility index (Phi) is 7.34. The number of amides is 1. The average molecular weight is 478 g/mol. The third-order valence-electron chi connectivity index (χ3n) is 6.28. The SMILES string of the molecule is CCOc1ccccc1C(=O)N1CCc2cc(OC)c(OC)cc2C1c1ccc(OC)c(OC)c1. The lowest BCUT2D eigenvalue weighted by molar-refractivity contribution is 0.0689.